The number of halogens is 1. The molecule has 0 saturated carbocycles. The van der Waals surface area contributed by atoms with Gasteiger partial charge in [0.15, 0.2) is 5.75 Å². The van der Waals surface area contributed by atoms with Crippen molar-refractivity contribution in [1.29, 1.82) is 0 Å². The standard InChI is InChI=1S/C10H10BrNO6/c1-5(13)9(10(14)15)18-8-3-2-6(11)4-7(8)12(16)17/h2-5,9,13H,1H3,(H,14,15)/t5-,9-/m0/s1. The van der Waals surface area contributed by atoms with Gasteiger partial charge in [0.2, 0.25) is 6.10 Å². The average Bonchev–Trinajstić information content (AvgIpc) is 2.25. The van der Waals surface area contributed by atoms with Gasteiger partial charge in [-0.05, 0) is 19.1 Å². The molecule has 1 aromatic rings. The molecular weight excluding hydrogens is 310 g/mol. The average molecular weight is 320 g/mol. The first-order valence-corrected chi connectivity index (χ1v) is 5.63. The minimum Gasteiger partial charge on any atom is -0.478 e. The molecule has 8 heteroatoms. The highest BCUT2D eigenvalue weighted by Crippen LogP contribution is 2.31. The zero-order valence-corrected chi connectivity index (χ0v) is 10.8. The lowest BCUT2D eigenvalue weighted by atomic mass is 10.2. The van der Waals surface area contributed by atoms with E-state index in [-0.39, 0.29) is 11.4 Å². The maximum absolute atomic E-state index is 10.8. The van der Waals surface area contributed by atoms with Crippen molar-refractivity contribution >= 4 is 27.6 Å². The number of nitro groups is 1. The molecule has 1 rings (SSSR count). The van der Waals surface area contributed by atoms with E-state index >= 15 is 0 Å². The predicted octanol–water partition coefficient (Wildman–Crippen LogP) is 1.57. The first-order chi connectivity index (χ1) is 8.32. The van der Waals surface area contributed by atoms with Gasteiger partial charge in [0.05, 0.1) is 11.0 Å². The molecule has 2 atom stereocenters. The molecule has 0 spiro atoms. The molecule has 7 nitrogen and oxygen atoms in total. The zero-order valence-electron chi connectivity index (χ0n) is 9.24. The minimum atomic E-state index is -1.56. The molecule has 2 N–H and O–H groups in total. The Morgan fingerprint density at radius 3 is 2.61 bits per heavy atom. The monoisotopic (exact) mass is 319 g/mol. The van der Waals surface area contributed by atoms with Crippen LogP contribution in [0.25, 0.3) is 0 Å². The van der Waals surface area contributed by atoms with Crippen LogP contribution in [0.4, 0.5) is 5.69 Å². The number of carbonyl (C=O) groups is 1. The van der Waals surface area contributed by atoms with E-state index in [9.17, 15) is 20.0 Å². The molecule has 98 valence electrons. The number of nitro benzene ring substituents is 1. The van der Waals surface area contributed by atoms with Crippen molar-refractivity contribution in [3.05, 3.63) is 32.8 Å². The summed E-state index contributed by atoms with van der Waals surface area (Å²) in [7, 11) is 0. The highest BCUT2D eigenvalue weighted by molar-refractivity contribution is 9.10. The van der Waals surface area contributed by atoms with Crippen molar-refractivity contribution in [2.75, 3.05) is 0 Å². The van der Waals surface area contributed by atoms with Gasteiger partial charge in [0, 0.05) is 10.5 Å². The van der Waals surface area contributed by atoms with Gasteiger partial charge in [-0.2, -0.15) is 0 Å². The Labute approximate surface area is 110 Å². The number of hydrogen-bond acceptors (Lipinski definition) is 5. The van der Waals surface area contributed by atoms with E-state index in [2.05, 4.69) is 15.9 Å². The lowest BCUT2D eigenvalue weighted by Crippen LogP contribution is -2.37. The summed E-state index contributed by atoms with van der Waals surface area (Å²) in [6.45, 7) is 1.23. The Morgan fingerprint density at radius 2 is 2.17 bits per heavy atom. The van der Waals surface area contributed by atoms with Crippen LogP contribution in [0.15, 0.2) is 22.7 Å². The van der Waals surface area contributed by atoms with Gasteiger partial charge in [-0.15, -0.1) is 0 Å². The van der Waals surface area contributed by atoms with Crippen LogP contribution < -0.4 is 4.74 Å². The second kappa shape index (κ2) is 5.78. The molecule has 0 fully saturated rings. The summed E-state index contributed by atoms with van der Waals surface area (Å²) in [5.41, 5.74) is -0.378. The van der Waals surface area contributed by atoms with Gasteiger partial charge in [-0.3, -0.25) is 10.1 Å². The molecule has 0 bridgehead atoms. The lowest BCUT2D eigenvalue weighted by Gasteiger charge is -2.17. The number of ether oxygens (including phenoxy) is 1. The maximum Gasteiger partial charge on any atom is 0.347 e. The van der Waals surface area contributed by atoms with Gasteiger partial charge in [-0.1, -0.05) is 15.9 Å². The number of hydrogen-bond donors (Lipinski definition) is 2. The SMILES string of the molecule is C[C@H](O)[C@H](Oc1ccc(Br)cc1[N+](=O)[O-])C(=O)O. The summed E-state index contributed by atoms with van der Waals surface area (Å²) in [6.07, 6.45) is -2.87. The van der Waals surface area contributed by atoms with Gasteiger partial charge in [0.1, 0.15) is 0 Å². The van der Waals surface area contributed by atoms with Gasteiger partial charge in [-0.25, -0.2) is 4.79 Å². The molecule has 18 heavy (non-hydrogen) atoms. The maximum atomic E-state index is 10.8. The Hall–Kier alpha value is -1.67. The fourth-order valence-corrected chi connectivity index (χ4v) is 1.57. The largest absolute Gasteiger partial charge is 0.478 e. The number of benzene rings is 1. The van der Waals surface area contributed by atoms with Crippen molar-refractivity contribution in [1.82, 2.24) is 0 Å². The smallest absolute Gasteiger partial charge is 0.347 e. The normalized spacial score (nSPS) is 13.7. The van der Waals surface area contributed by atoms with Crippen LogP contribution in [0.5, 0.6) is 5.75 Å². The Balaban J connectivity index is 3.10. The molecule has 0 aliphatic heterocycles. The van der Waals surface area contributed by atoms with Crippen LogP contribution in [0.3, 0.4) is 0 Å². The number of carboxylic acids is 1. The predicted molar refractivity (Wildman–Crippen MR) is 64.5 cm³/mol. The summed E-state index contributed by atoms with van der Waals surface area (Å²) >= 11 is 3.06. The third-order valence-electron chi connectivity index (χ3n) is 2.05. The van der Waals surface area contributed by atoms with Crippen LogP contribution >= 0.6 is 15.9 Å². The van der Waals surface area contributed by atoms with Gasteiger partial charge >= 0.3 is 11.7 Å². The number of aliphatic hydroxyl groups excluding tert-OH is 1. The van der Waals surface area contributed by atoms with E-state index < -0.39 is 23.1 Å². The lowest BCUT2D eigenvalue weighted by molar-refractivity contribution is -0.386. The van der Waals surface area contributed by atoms with Crippen LogP contribution in [-0.2, 0) is 4.79 Å². The highest BCUT2D eigenvalue weighted by Gasteiger charge is 2.28. The molecule has 0 heterocycles. The van der Waals surface area contributed by atoms with Crippen molar-refractivity contribution in [3.63, 3.8) is 0 Å². The van der Waals surface area contributed by atoms with Crippen molar-refractivity contribution in [2.24, 2.45) is 0 Å². The third kappa shape index (κ3) is 3.41. The molecule has 0 saturated heterocycles. The summed E-state index contributed by atoms with van der Waals surface area (Å²) < 4.78 is 5.44. The van der Waals surface area contributed by atoms with E-state index in [1.165, 1.54) is 25.1 Å². The topological polar surface area (TPSA) is 110 Å². The van der Waals surface area contributed by atoms with E-state index in [4.69, 9.17) is 9.84 Å². The Bertz CT molecular complexity index is 475. The van der Waals surface area contributed by atoms with E-state index in [1.807, 2.05) is 0 Å². The minimum absolute atomic E-state index is 0.212. The van der Waals surface area contributed by atoms with E-state index in [0.29, 0.717) is 4.47 Å². The Kier molecular flexibility index (Phi) is 4.62. The molecule has 0 radical (unpaired) electrons. The first-order valence-electron chi connectivity index (χ1n) is 4.84. The summed E-state index contributed by atoms with van der Waals surface area (Å²) in [6, 6.07) is 3.93. The molecule has 0 aliphatic rings. The third-order valence-corrected chi connectivity index (χ3v) is 2.55. The first kappa shape index (κ1) is 14.4. The van der Waals surface area contributed by atoms with Crippen LogP contribution in [0.2, 0.25) is 0 Å². The van der Waals surface area contributed by atoms with Crippen molar-refractivity contribution < 1.29 is 24.7 Å². The summed E-state index contributed by atoms with van der Waals surface area (Å²) in [5, 5.41) is 28.9. The van der Waals surface area contributed by atoms with E-state index in [0.717, 1.165) is 0 Å². The summed E-state index contributed by atoms with van der Waals surface area (Å²) in [4.78, 5) is 20.9. The number of carboxylic acid groups (broad SMARTS) is 1. The van der Waals surface area contributed by atoms with Gasteiger partial charge < -0.3 is 14.9 Å². The number of nitrogens with zero attached hydrogens (tertiary/aromatic N) is 1. The molecule has 1 aromatic carbocycles. The quantitative estimate of drug-likeness (QED) is 0.629. The second-order valence-corrected chi connectivity index (χ2v) is 4.40. The zero-order chi connectivity index (χ0) is 13.9. The molecular formula is C10H10BrNO6. The number of aliphatic carboxylic acids is 1. The van der Waals surface area contributed by atoms with E-state index in [1.54, 1.807) is 0 Å². The number of rotatable bonds is 5. The van der Waals surface area contributed by atoms with Crippen LogP contribution in [0.1, 0.15) is 6.92 Å². The van der Waals surface area contributed by atoms with Gasteiger partial charge in [0.25, 0.3) is 0 Å². The molecule has 0 amide bonds. The fraction of sp³-hybridized carbons (Fsp3) is 0.300. The molecule has 0 unspecified atom stereocenters. The van der Waals surface area contributed by atoms with Crippen LogP contribution in [-0.4, -0.2) is 33.3 Å². The number of aliphatic hydroxyl groups is 1. The molecule has 0 aliphatic carbocycles. The van der Waals surface area contributed by atoms with Crippen molar-refractivity contribution in [2.45, 2.75) is 19.1 Å². The highest BCUT2D eigenvalue weighted by atomic mass is 79.9. The summed E-state index contributed by atoms with van der Waals surface area (Å²) in [5.74, 6) is -1.61. The second-order valence-electron chi connectivity index (χ2n) is 3.49. The Morgan fingerprint density at radius 1 is 1.56 bits per heavy atom. The molecule has 0 aromatic heterocycles. The van der Waals surface area contributed by atoms with Crippen LogP contribution in [0, 0.1) is 10.1 Å². The fourth-order valence-electron chi connectivity index (χ4n) is 1.22. The van der Waals surface area contributed by atoms with Crippen molar-refractivity contribution in [3.8, 4) is 5.75 Å².